The summed E-state index contributed by atoms with van der Waals surface area (Å²) < 4.78 is 28.5. The van der Waals surface area contributed by atoms with Crippen molar-refractivity contribution >= 4 is 21.6 Å². The summed E-state index contributed by atoms with van der Waals surface area (Å²) in [7, 11) is 0. The summed E-state index contributed by atoms with van der Waals surface area (Å²) >= 11 is 3.38. The van der Waals surface area contributed by atoms with Crippen LogP contribution in [0, 0.1) is 18.6 Å². The molecule has 0 saturated carbocycles. The molecule has 0 amide bonds. The van der Waals surface area contributed by atoms with E-state index in [2.05, 4.69) is 21.2 Å². The fraction of sp³-hybridized carbons (Fsp3) is 0.200. The zero-order valence-electron chi connectivity index (χ0n) is 10.7. The van der Waals surface area contributed by atoms with Gasteiger partial charge in [-0.3, -0.25) is 0 Å². The minimum absolute atomic E-state index is 0.0764. The fourth-order valence-corrected chi connectivity index (χ4v) is 2.28. The van der Waals surface area contributed by atoms with Gasteiger partial charge in [0.05, 0.1) is 0 Å². The maximum Gasteiger partial charge on any atom is 0.152 e. The van der Waals surface area contributed by atoms with Crippen LogP contribution in [-0.2, 0) is 0 Å². The topological polar surface area (TPSA) is 12.0 Å². The molecule has 2 aromatic carbocycles. The van der Waals surface area contributed by atoms with E-state index < -0.39 is 11.6 Å². The second kappa shape index (κ2) is 5.70. The molecule has 1 N–H and O–H groups in total. The number of benzene rings is 2. The lowest BCUT2D eigenvalue weighted by Gasteiger charge is -2.17. The van der Waals surface area contributed by atoms with Gasteiger partial charge in [0.2, 0.25) is 0 Å². The second-order valence-electron chi connectivity index (χ2n) is 4.47. The van der Waals surface area contributed by atoms with E-state index in [-0.39, 0.29) is 11.7 Å². The number of rotatable bonds is 3. The van der Waals surface area contributed by atoms with Gasteiger partial charge < -0.3 is 5.32 Å². The SMILES string of the molecule is Cc1ccc(F)c(NC(C)c2cccc(Br)c2)c1F. The normalized spacial score (nSPS) is 12.3. The summed E-state index contributed by atoms with van der Waals surface area (Å²) in [6.07, 6.45) is 0. The van der Waals surface area contributed by atoms with E-state index in [4.69, 9.17) is 0 Å². The van der Waals surface area contributed by atoms with Gasteiger partial charge in [-0.05, 0) is 43.2 Å². The van der Waals surface area contributed by atoms with E-state index in [0.29, 0.717) is 5.56 Å². The van der Waals surface area contributed by atoms with E-state index in [9.17, 15) is 8.78 Å². The van der Waals surface area contributed by atoms with Crippen LogP contribution in [0.2, 0.25) is 0 Å². The van der Waals surface area contributed by atoms with Gasteiger partial charge in [-0.25, -0.2) is 8.78 Å². The minimum atomic E-state index is -0.579. The molecule has 0 heterocycles. The smallest absolute Gasteiger partial charge is 0.152 e. The first-order valence-electron chi connectivity index (χ1n) is 5.95. The van der Waals surface area contributed by atoms with Crippen LogP contribution in [0.3, 0.4) is 0 Å². The van der Waals surface area contributed by atoms with E-state index in [1.807, 2.05) is 31.2 Å². The molecule has 2 rings (SSSR count). The summed E-state index contributed by atoms with van der Waals surface area (Å²) in [5.41, 5.74) is 1.30. The monoisotopic (exact) mass is 325 g/mol. The Morgan fingerprint density at radius 1 is 1.16 bits per heavy atom. The molecule has 0 aromatic heterocycles. The molecule has 19 heavy (non-hydrogen) atoms. The van der Waals surface area contributed by atoms with Crippen LogP contribution in [-0.4, -0.2) is 0 Å². The molecule has 0 aliphatic heterocycles. The molecule has 0 aliphatic carbocycles. The van der Waals surface area contributed by atoms with Gasteiger partial charge in [0, 0.05) is 10.5 Å². The summed E-state index contributed by atoms with van der Waals surface area (Å²) in [4.78, 5) is 0. The molecule has 1 unspecified atom stereocenters. The van der Waals surface area contributed by atoms with Crippen LogP contribution in [0.25, 0.3) is 0 Å². The Bertz CT molecular complexity index is 599. The Morgan fingerprint density at radius 3 is 2.58 bits per heavy atom. The maximum atomic E-state index is 13.9. The molecule has 0 radical (unpaired) electrons. The highest BCUT2D eigenvalue weighted by molar-refractivity contribution is 9.10. The molecule has 0 fully saturated rings. The lowest BCUT2D eigenvalue weighted by molar-refractivity contribution is 0.579. The third-order valence-corrected chi connectivity index (χ3v) is 3.49. The zero-order valence-corrected chi connectivity index (χ0v) is 12.3. The van der Waals surface area contributed by atoms with Crippen molar-refractivity contribution in [1.29, 1.82) is 0 Å². The largest absolute Gasteiger partial charge is 0.374 e. The van der Waals surface area contributed by atoms with Crippen molar-refractivity contribution < 1.29 is 8.78 Å². The van der Waals surface area contributed by atoms with Crippen LogP contribution in [0.15, 0.2) is 40.9 Å². The number of halogens is 3. The van der Waals surface area contributed by atoms with Crippen molar-refractivity contribution in [3.05, 3.63) is 63.6 Å². The molecule has 0 saturated heterocycles. The molecule has 2 aromatic rings. The number of hydrogen-bond donors (Lipinski definition) is 1. The maximum absolute atomic E-state index is 13.9. The average Bonchev–Trinajstić information content (AvgIpc) is 2.39. The highest BCUT2D eigenvalue weighted by Gasteiger charge is 2.14. The molecular formula is C15H14BrF2N. The van der Waals surface area contributed by atoms with Crippen LogP contribution in [0.4, 0.5) is 14.5 Å². The van der Waals surface area contributed by atoms with Crippen molar-refractivity contribution in [3.8, 4) is 0 Å². The predicted octanol–water partition coefficient (Wildman–Crippen LogP) is 5.21. The van der Waals surface area contributed by atoms with Crippen molar-refractivity contribution in [2.24, 2.45) is 0 Å². The van der Waals surface area contributed by atoms with Gasteiger partial charge in [0.1, 0.15) is 11.5 Å². The summed E-state index contributed by atoms with van der Waals surface area (Å²) in [6.45, 7) is 3.48. The zero-order chi connectivity index (χ0) is 14.0. The Morgan fingerprint density at radius 2 is 1.89 bits per heavy atom. The van der Waals surface area contributed by atoms with E-state index in [0.717, 1.165) is 10.0 Å². The number of nitrogens with one attached hydrogen (secondary N) is 1. The molecule has 1 atom stereocenters. The first-order valence-corrected chi connectivity index (χ1v) is 6.75. The number of aryl methyl sites for hydroxylation is 1. The molecule has 0 bridgehead atoms. The highest BCUT2D eigenvalue weighted by atomic mass is 79.9. The third-order valence-electron chi connectivity index (χ3n) is 2.99. The van der Waals surface area contributed by atoms with E-state index >= 15 is 0 Å². The van der Waals surface area contributed by atoms with E-state index in [1.54, 1.807) is 6.92 Å². The first kappa shape index (κ1) is 14.0. The fourth-order valence-electron chi connectivity index (χ4n) is 1.86. The van der Waals surface area contributed by atoms with Gasteiger partial charge in [0.25, 0.3) is 0 Å². The number of hydrogen-bond acceptors (Lipinski definition) is 1. The first-order chi connectivity index (χ1) is 8.99. The highest BCUT2D eigenvalue weighted by Crippen LogP contribution is 2.27. The Labute approximate surface area is 119 Å². The van der Waals surface area contributed by atoms with Crippen molar-refractivity contribution in [3.63, 3.8) is 0 Å². The summed E-state index contributed by atoms with van der Waals surface area (Å²) in [6, 6.07) is 10.1. The van der Waals surface area contributed by atoms with Gasteiger partial charge in [-0.2, -0.15) is 0 Å². The van der Waals surface area contributed by atoms with Crippen LogP contribution >= 0.6 is 15.9 Å². The molecule has 0 spiro atoms. The quantitative estimate of drug-likeness (QED) is 0.816. The number of anilines is 1. The lowest BCUT2D eigenvalue weighted by Crippen LogP contribution is -2.10. The van der Waals surface area contributed by atoms with Gasteiger partial charge in [-0.1, -0.05) is 34.1 Å². The van der Waals surface area contributed by atoms with Crippen molar-refractivity contribution in [2.45, 2.75) is 19.9 Å². The average molecular weight is 326 g/mol. The Hall–Kier alpha value is -1.42. The molecule has 100 valence electrons. The Balaban J connectivity index is 2.29. The predicted molar refractivity (Wildman–Crippen MR) is 77.3 cm³/mol. The second-order valence-corrected chi connectivity index (χ2v) is 5.39. The van der Waals surface area contributed by atoms with Crippen LogP contribution in [0.1, 0.15) is 24.1 Å². The summed E-state index contributed by atoms with van der Waals surface area (Å²) in [5.74, 6) is -1.12. The molecule has 0 aliphatic rings. The molecular weight excluding hydrogens is 312 g/mol. The van der Waals surface area contributed by atoms with Gasteiger partial charge in [-0.15, -0.1) is 0 Å². The van der Waals surface area contributed by atoms with Crippen LogP contribution in [0.5, 0.6) is 0 Å². The molecule has 1 nitrogen and oxygen atoms in total. The van der Waals surface area contributed by atoms with Gasteiger partial charge in [0.15, 0.2) is 5.82 Å². The Kier molecular flexibility index (Phi) is 4.20. The lowest BCUT2D eigenvalue weighted by atomic mass is 10.1. The van der Waals surface area contributed by atoms with Crippen LogP contribution < -0.4 is 5.32 Å². The van der Waals surface area contributed by atoms with Gasteiger partial charge >= 0.3 is 0 Å². The third kappa shape index (κ3) is 3.13. The minimum Gasteiger partial charge on any atom is -0.374 e. The van der Waals surface area contributed by atoms with Crippen molar-refractivity contribution in [1.82, 2.24) is 0 Å². The summed E-state index contributed by atoms with van der Waals surface area (Å²) in [5, 5.41) is 2.89. The van der Waals surface area contributed by atoms with E-state index in [1.165, 1.54) is 12.1 Å². The molecule has 4 heteroatoms. The van der Waals surface area contributed by atoms with Crippen molar-refractivity contribution in [2.75, 3.05) is 5.32 Å². The standard InChI is InChI=1S/C15H14BrF2N/c1-9-6-7-13(17)15(14(9)18)19-10(2)11-4-3-5-12(16)8-11/h3-8,10,19H,1-2H3.